The predicted octanol–water partition coefficient (Wildman–Crippen LogP) is 4.26. The maximum Gasteiger partial charge on any atom is 0.205 e. The molecule has 0 unspecified atom stereocenters. The normalized spacial score (nSPS) is 25.2. The molecule has 5 heteroatoms. The molecule has 4 rings (SSSR count). The number of halogens is 1. The van der Waals surface area contributed by atoms with E-state index in [1.807, 2.05) is 42.5 Å². The number of fused-ring (bicyclic) bond motifs is 2. The van der Waals surface area contributed by atoms with E-state index < -0.39 is 0 Å². The van der Waals surface area contributed by atoms with E-state index in [0.29, 0.717) is 0 Å². The highest BCUT2D eigenvalue weighted by Gasteiger charge is 2.42. The second-order valence-electron chi connectivity index (χ2n) is 5.84. The Bertz CT molecular complexity index is 704. The zero-order chi connectivity index (χ0) is 15.8. The summed E-state index contributed by atoms with van der Waals surface area (Å²) in [7, 11) is 1.68. The van der Waals surface area contributed by atoms with Crippen LogP contribution < -0.4 is 14.8 Å². The summed E-state index contributed by atoms with van der Waals surface area (Å²) < 4.78 is 17.1. The number of benzene rings is 2. The second-order valence-corrected chi connectivity index (χ2v) is 6.28. The molecule has 4 nitrogen and oxygen atoms in total. The molecule has 120 valence electrons. The highest BCUT2D eigenvalue weighted by Crippen LogP contribution is 2.46. The van der Waals surface area contributed by atoms with Crippen LogP contribution >= 0.6 is 11.6 Å². The van der Waals surface area contributed by atoms with Gasteiger partial charge in [-0.15, -0.1) is 0 Å². The smallest absolute Gasteiger partial charge is 0.205 e. The quantitative estimate of drug-likeness (QED) is 0.912. The van der Waals surface area contributed by atoms with E-state index in [1.54, 1.807) is 7.11 Å². The summed E-state index contributed by atoms with van der Waals surface area (Å²) in [5.74, 6) is 1.94. The molecule has 2 heterocycles. The monoisotopic (exact) mass is 331 g/mol. The average molecular weight is 332 g/mol. The topological polar surface area (TPSA) is 39.7 Å². The molecule has 2 aromatic rings. The van der Waals surface area contributed by atoms with Crippen molar-refractivity contribution in [1.29, 1.82) is 0 Å². The molecule has 0 aromatic heterocycles. The summed E-state index contributed by atoms with van der Waals surface area (Å²) in [5.41, 5.74) is 2.13. The molecule has 0 aliphatic carbocycles. The number of ether oxygens (including phenoxy) is 3. The van der Waals surface area contributed by atoms with Crippen molar-refractivity contribution < 1.29 is 14.2 Å². The summed E-state index contributed by atoms with van der Waals surface area (Å²) in [5, 5.41) is 4.34. The Balaban J connectivity index is 1.71. The number of hydrogen-bond donors (Lipinski definition) is 1. The van der Waals surface area contributed by atoms with Gasteiger partial charge in [0, 0.05) is 22.2 Å². The molecule has 0 spiro atoms. The van der Waals surface area contributed by atoms with Gasteiger partial charge in [-0.25, -0.2) is 0 Å². The fraction of sp³-hybridized carbons (Fsp3) is 0.333. The van der Waals surface area contributed by atoms with E-state index in [2.05, 4.69) is 5.32 Å². The van der Waals surface area contributed by atoms with Crippen molar-refractivity contribution in [3.05, 3.63) is 53.1 Å². The van der Waals surface area contributed by atoms with Crippen molar-refractivity contribution in [1.82, 2.24) is 0 Å². The van der Waals surface area contributed by atoms with Crippen LogP contribution in [-0.2, 0) is 4.74 Å². The first kappa shape index (κ1) is 14.7. The Morgan fingerprint density at radius 1 is 1.17 bits per heavy atom. The Hall–Kier alpha value is -1.91. The highest BCUT2D eigenvalue weighted by molar-refractivity contribution is 6.30. The number of rotatable bonds is 3. The molecule has 0 radical (unpaired) electrons. The molecular formula is C18H18ClNO3. The first-order valence-corrected chi connectivity index (χ1v) is 8.11. The molecular weight excluding hydrogens is 314 g/mol. The van der Waals surface area contributed by atoms with Gasteiger partial charge < -0.3 is 19.5 Å². The van der Waals surface area contributed by atoms with Crippen LogP contribution in [0.4, 0.5) is 5.69 Å². The van der Waals surface area contributed by atoms with Gasteiger partial charge in [0.1, 0.15) is 11.5 Å². The van der Waals surface area contributed by atoms with Crippen molar-refractivity contribution in [2.45, 2.75) is 18.8 Å². The Kier molecular flexibility index (Phi) is 3.79. The molecule has 0 amide bonds. The van der Waals surface area contributed by atoms with Crippen LogP contribution in [-0.4, -0.2) is 20.0 Å². The summed E-state index contributed by atoms with van der Waals surface area (Å²) in [6.45, 7) is 0.721. The Labute approximate surface area is 140 Å². The Morgan fingerprint density at radius 3 is 2.78 bits per heavy atom. The van der Waals surface area contributed by atoms with Gasteiger partial charge in [0.2, 0.25) is 6.29 Å². The van der Waals surface area contributed by atoms with Gasteiger partial charge >= 0.3 is 0 Å². The lowest BCUT2D eigenvalue weighted by atomic mass is 9.88. The van der Waals surface area contributed by atoms with Crippen LogP contribution in [0.15, 0.2) is 42.5 Å². The van der Waals surface area contributed by atoms with Gasteiger partial charge in [0.15, 0.2) is 0 Å². The number of nitrogens with one attached hydrogen (secondary N) is 1. The van der Waals surface area contributed by atoms with Crippen molar-refractivity contribution >= 4 is 17.3 Å². The zero-order valence-electron chi connectivity index (χ0n) is 12.8. The largest absolute Gasteiger partial charge is 0.497 e. The second kappa shape index (κ2) is 5.95. The summed E-state index contributed by atoms with van der Waals surface area (Å²) in [4.78, 5) is 0. The third kappa shape index (κ3) is 2.73. The van der Waals surface area contributed by atoms with Crippen LogP contribution in [0.25, 0.3) is 0 Å². The maximum absolute atomic E-state index is 6.00. The van der Waals surface area contributed by atoms with E-state index in [4.69, 9.17) is 25.8 Å². The van der Waals surface area contributed by atoms with Crippen LogP contribution in [0.3, 0.4) is 0 Å². The maximum atomic E-state index is 6.00. The van der Waals surface area contributed by atoms with E-state index in [-0.39, 0.29) is 18.2 Å². The molecule has 2 aliphatic heterocycles. The molecule has 0 bridgehead atoms. The minimum absolute atomic E-state index is 0.113. The molecule has 2 aliphatic rings. The third-order valence-corrected chi connectivity index (χ3v) is 4.72. The molecule has 23 heavy (non-hydrogen) atoms. The fourth-order valence-electron chi connectivity index (χ4n) is 3.30. The van der Waals surface area contributed by atoms with E-state index in [9.17, 15) is 0 Å². The third-order valence-electron chi connectivity index (χ3n) is 4.47. The minimum Gasteiger partial charge on any atom is -0.497 e. The molecule has 0 saturated carbocycles. The molecule has 1 saturated heterocycles. The average Bonchev–Trinajstić information content (AvgIpc) is 3.04. The molecule has 1 fully saturated rings. The van der Waals surface area contributed by atoms with Crippen molar-refractivity contribution in [2.75, 3.05) is 19.0 Å². The van der Waals surface area contributed by atoms with Crippen molar-refractivity contribution in [3.8, 4) is 11.5 Å². The predicted molar refractivity (Wildman–Crippen MR) is 89.3 cm³/mol. The fourth-order valence-corrected chi connectivity index (χ4v) is 3.42. The van der Waals surface area contributed by atoms with Gasteiger partial charge in [0.05, 0.1) is 19.8 Å². The van der Waals surface area contributed by atoms with Gasteiger partial charge in [0.25, 0.3) is 0 Å². The Morgan fingerprint density at radius 2 is 2.00 bits per heavy atom. The van der Waals surface area contributed by atoms with Crippen molar-refractivity contribution in [2.24, 2.45) is 5.92 Å². The van der Waals surface area contributed by atoms with Gasteiger partial charge in [-0.3, -0.25) is 0 Å². The lowest BCUT2D eigenvalue weighted by Gasteiger charge is -2.36. The summed E-state index contributed by atoms with van der Waals surface area (Å²) in [6.07, 6.45) is 0.771. The first-order chi connectivity index (χ1) is 11.2. The zero-order valence-corrected chi connectivity index (χ0v) is 13.5. The van der Waals surface area contributed by atoms with Crippen molar-refractivity contribution in [3.63, 3.8) is 0 Å². The molecule has 2 aromatic carbocycles. The lowest BCUT2D eigenvalue weighted by Crippen LogP contribution is -2.36. The summed E-state index contributed by atoms with van der Waals surface area (Å²) >= 11 is 5.98. The first-order valence-electron chi connectivity index (χ1n) is 7.73. The SMILES string of the molecule is COc1ccc2c(c1)[C@@H](Nc1ccc(Cl)cc1)[C@H]1CCO[C@H]1O2. The van der Waals surface area contributed by atoms with E-state index >= 15 is 0 Å². The highest BCUT2D eigenvalue weighted by atomic mass is 35.5. The standard InChI is InChI=1S/C18H18ClNO3/c1-21-13-6-7-16-15(10-13)17(14-8-9-22-18(14)23-16)20-12-4-2-11(19)3-5-12/h2-7,10,14,17-18,20H,8-9H2,1H3/t14-,17+,18+/m1/s1. The van der Waals surface area contributed by atoms with Crippen LogP contribution in [0.1, 0.15) is 18.0 Å². The van der Waals surface area contributed by atoms with E-state index in [0.717, 1.165) is 40.8 Å². The van der Waals surface area contributed by atoms with Gasteiger partial charge in [-0.1, -0.05) is 11.6 Å². The van der Waals surface area contributed by atoms with E-state index in [1.165, 1.54) is 0 Å². The number of methoxy groups -OCH3 is 1. The van der Waals surface area contributed by atoms with Gasteiger partial charge in [-0.05, 0) is 48.9 Å². The molecule has 1 N–H and O–H groups in total. The minimum atomic E-state index is -0.194. The van der Waals surface area contributed by atoms with Crippen LogP contribution in [0.2, 0.25) is 5.02 Å². The summed E-state index contributed by atoms with van der Waals surface area (Å²) in [6, 6.07) is 13.8. The molecule has 3 atom stereocenters. The lowest BCUT2D eigenvalue weighted by molar-refractivity contribution is -0.0748. The van der Waals surface area contributed by atoms with Crippen LogP contribution in [0, 0.1) is 5.92 Å². The van der Waals surface area contributed by atoms with Crippen LogP contribution in [0.5, 0.6) is 11.5 Å². The number of hydrogen-bond acceptors (Lipinski definition) is 4. The van der Waals surface area contributed by atoms with Gasteiger partial charge in [-0.2, -0.15) is 0 Å². The number of anilines is 1.